The highest BCUT2D eigenvalue weighted by Gasteiger charge is 2.43. The van der Waals surface area contributed by atoms with Gasteiger partial charge in [0.2, 0.25) is 6.29 Å². The van der Waals surface area contributed by atoms with Gasteiger partial charge in [0, 0.05) is 17.2 Å². The molecule has 0 radical (unpaired) electrons. The minimum atomic E-state index is -0.203. The van der Waals surface area contributed by atoms with Crippen LogP contribution in [0.3, 0.4) is 0 Å². The van der Waals surface area contributed by atoms with Gasteiger partial charge in [0.05, 0.1) is 19.3 Å². The zero-order valence-electron chi connectivity index (χ0n) is 13.2. The maximum absolute atomic E-state index is 6.12. The molecule has 2 heterocycles. The van der Waals surface area contributed by atoms with E-state index in [-0.39, 0.29) is 12.3 Å². The van der Waals surface area contributed by atoms with Gasteiger partial charge in [-0.2, -0.15) is 0 Å². The lowest BCUT2D eigenvalue weighted by Gasteiger charge is -2.36. The molecule has 1 fully saturated rings. The Bertz CT molecular complexity index is 674. The quantitative estimate of drug-likeness (QED) is 0.926. The van der Waals surface area contributed by atoms with Crippen LogP contribution in [0.25, 0.3) is 0 Å². The number of rotatable bonds is 4. The molecule has 0 unspecified atom stereocenters. The van der Waals surface area contributed by atoms with Gasteiger partial charge in [-0.1, -0.05) is 30.3 Å². The fourth-order valence-electron chi connectivity index (χ4n) is 3.44. The number of benzene rings is 2. The van der Waals surface area contributed by atoms with Crippen LogP contribution in [0.15, 0.2) is 48.5 Å². The average Bonchev–Trinajstić information content (AvgIpc) is 3.05. The second-order valence-electron chi connectivity index (χ2n) is 5.91. The molecular weight excluding hydrogens is 290 g/mol. The lowest BCUT2D eigenvalue weighted by molar-refractivity contribution is -0.0761. The first-order valence-electron chi connectivity index (χ1n) is 8.22. The summed E-state index contributed by atoms with van der Waals surface area (Å²) in [5.41, 5.74) is 2.25. The summed E-state index contributed by atoms with van der Waals surface area (Å²) in [6.45, 7) is 3.34. The molecule has 4 nitrogen and oxygen atoms in total. The second-order valence-corrected chi connectivity index (χ2v) is 5.91. The van der Waals surface area contributed by atoms with Crippen molar-refractivity contribution in [1.82, 2.24) is 0 Å². The number of hydrogen-bond donors (Lipinski definition) is 1. The summed E-state index contributed by atoms with van der Waals surface area (Å²) >= 11 is 0. The fraction of sp³-hybridized carbons (Fsp3) is 0.368. The predicted molar refractivity (Wildman–Crippen MR) is 88.9 cm³/mol. The van der Waals surface area contributed by atoms with E-state index in [1.165, 1.54) is 0 Å². The molecule has 0 aliphatic carbocycles. The highest BCUT2D eigenvalue weighted by atomic mass is 16.7. The van der Waals surface area contributed by atoms with Gasteiger partial charge in [-0.05, 0) is 31.5 Å². The van der Waals surface area contributed by atoms with Crippen LogP contribution in [0.2, 0.25) is 0 Å². The Labute approximate surface area is 136 Å². The van der Waals surface area contributed by atoms with E-state index in [1.54, 1.807) is 0 Å². The predicted octanol–water partition coefficient (Wildman–Crippen LogP) is 3.99. The van der Waals surface area contributed by atoms with Gasteiger partial charge in [0.1, 0.15) is 0 Å². The van der Waals surface area contributed by atoms with Crippen molar-refractivity contribution in [2.75, 3.05) is 18.5 Å². The number of fused-ring (bicyclic) bond motifs is 2. The first kappa shape index (κ1) is 14.4. The largest absolute Gasteiger partial charge is 0.490 e. The van der Waals surface area contributed by atoms with Crippen molar-refractivity contribution in [2.45, 2.75) is 25.7 Å². The van der Waals surface area contributed by atoms with E-state index in [1.807, 2.05) is 37.3 Å². The summed E-state index contributed by atoms with van der Waals surface area (Å²) in [7, 11) is 0. The van der Waals surface area contributed by atoms with E-state index in [4.69, 9.17) is 14.2 Å². The maximum Gasteiger partial charge on any atom is 0.205 e. The average molecular weight is 311 g/mol. The molecule has 2 aliphatic rings. The van der Waals surface area contributed by atoms with Gasteiger partial charge in [-0.25, -0.2) is 0 Å². The van der Waals surface area contributed by atoms with Crippen LogP contribution >= 0.6 is 0 Å². The Hall–Kier alpha value is -2.20. The van der Waals surface area contributed by atoms with Crippen molar-refractivity contribution in [1.29, 1.82) is 0 Å². The Morgan fingerprint density at radius 1 is 1.13 bits per heavy atom. The standard InChI is InChI=1S/C19H21NO3/c1-2-21-16-10-6-9-14-17(20-13-7-4-3-5-8-13)15-11-12-22-19(15)23-18(14)16/h3-10,15,17,19-20H,2,11-12H2,1H3/t15-,17+,19+/m1/s1. The molecule has 0 amide bonds. The van der Waals surface area contributed by atoms with Crippen molar-refractivity contribution in [2.24, 2.45) is 5.92 Å². The monoisotopic (exact) mass is 311 g/mol. The van der Waals surface area contributed by atoms with Crippen molar-refractivity contribution >= 4 is 5.69 Å². The van der Waals surface area contributed by atoms with Crippen LogP contribution in [-0.2, 0) is 4.74 Å². The molecule has 3 atom stereocenters. The smallest absolute Gasteiger partial charge is 0.205 e. The van der Waals surface area contributed by atoms with E-state index >= 15 is 0 Å². The molecule has 4 heteroatoms. The van der Waals surface area contributed by atoms with Gasteiger partial charge in [-0.3, -0.25) is 0 Å². The second kappa shape index (κ2) is 6.13. The number of hydrogen-bond acceptors (Lipinski definition) is 4. The van der Waals surface area contributed by atoms with Crippen molar-refractivity contribution in [3.05, 3.63) is 54.1 Å². The van der Waals surface area contributed by atoms with E-state index in [2.05, 4.69) is 23.5 Å². The van der Waals surface area contributed by atoms with Crippen LogP contribution in [0, 0.1) is 5.92 Å². The van der Waals surface area contributed by atoms with E-state index in [0.717, 1.165) is 35.8 Å². The Kier molecular flexibility index (Phi) is 3.83. The minimum absolute atomic E-state index is 0.161. The van der Waals surface area contributed by atoms with Gasteiger partial charge in [0.15, 0.2) is 11.5 Å². The Balaban J connectivity index is 1.73. The summed E-state index contributed by atoms with van der Waals surface area (Å²) in [4.78, 5) is 0. The van der Waals surface area contributed by atoms with Gasteiger partial charge < -0.3 is 19.5 Å². The third-order valence-electron chi connectivity index (χ3n) is 4.49. The maximum atomic E-state index is 6.12. The topological polar surface area (TPSA) is 39.7 Å². The van der Waals surface area contributed by atoms with Gasteiger partial charge in [0.25, 0.3) is 0 Å². The molecule has 23 heavy (non-hydrogen) atoms. The summed E-state index contributed by atoms with van der Waals surface area (Å²) in [6, 6.07) is 16.6. The van der Waals surface area contributed by atoms with Crippen molar-refractivity contribution in [3.8, 4) is 11.5 Å². The SMILES string of the molecule is CCOc1cccc2c1O[C@@H]1OCC[C@@H]1[C@H]2Nc1ccccc1. The summed E-state index contributed by atoms with van der Waals surface area (Å²) in [5, 5.41) is 3.66. The highest BCUT2D eigenvalue weighted by Crippen LogP contribution is 2.48. The molecule has 0 aromatic heterocycles. The van der Waals surface area contributed by atoms with Crippen LogP contribution in [0.5, 0.6) is 11.5 Å². The highest BCUT2D eigenvalue weighted by molar-refractivity contribution is 5.54. The molecule has 2 aliphatic heterocycles. The van der Waals surface area contributed by atoms with E-state index in [9.17, 15) is 0 Å². The number of nitrogens with one attached hydrogen (secondary N) is 1. The molecule has 2 aromatic carbocycles. The number of anilines is 1. The van der Waals surface area contributed by atoms with Crippen molar-refractivity contribution in [3.63, 3.8) is 0 Å². The zero-order valence-corrected chi connectivity index (χ0v) is 13.2. The Morgan fingerprint density at radius 3 is 2.83 bits per heavy atom. The molecular formula is C19H21NO3. The molecule has 1 saturated heterocycles. The molecule has 2 aromatic rings. The molecule has 0 saturated carbocycles. The summed E-state index contributed by atoms with van der Waals surface area (Å²) in [6.07, 6.45) is 0.790. The number of para-hydroxylation sites is 2. The van der Waals surface area contributed by atoms with Crippen molar-refractivity contribution < 1.29 is 14.2 Å². The molecule has 0 bridgehead atoms. The molecule has 120 valence electrons. The summed E-state index contributed by atoms with van der Waals surface area (Å²) in [5.74, 6) is 1.91. The lowest BCUT2D eigenvalue weighted by Crippen LogP contribution is -2.36. The lowest BCUT2D eigenvalue weighted by atomic mass is 9.88. The van der Waals surface area contributed by atoms with Crippen LogP contribution < -0.4 is 14.8 Å². The third-order valence-corrected chi connectivity index (χ3v) is 4.49. The van der Waals surface area contributed by atoms with E-state index in [0.29, 0.717) is 12.5 Å². The van der Waals surface area contributed by atoms with Crippen LogP contribution in [-0.4, -0.2) is 19.5 Å². The fourth-order valence-corrected chi connectivity index (χ4v) is 3.44. The first-order chi connectivity index (χ1) is 11.4. The van der Waals surface area contributed by atoms with Gasteiger partial charge >= 0.3 is 0 Å². The molecule has 1 N–H and O–H groups in total. The first-order valence-corrected chi connectivity index (χ1v) is 8.22. The summed E-state index contributed by atoms with van der Waals surface area (Å²) < 4.78 is 17.7. The van der Waals surface area contributed by atoms with Gasteiger partial charge in [-0.15, -0.1) is 0 Å². The Morgan fingerprint density at radius 2 is 2.00 bits per heavy atom. The molecule has 4 rings (SSSR count). The third kappa shape index (κ3) is 2.63. The normalized spacial score (nSPS) is 25.2. The van der Waals surface area contributed by atoms with Crippen LogP contribution in [0.4, 0.5) is 5.69 Å². The molecule has 0 spiro atoms. The van der Waals surface area contributed by atoms with Crippen LogP contribution in [0.1, 0.15) is 24.9 Å². The minimum Gasteiger partial charge on any atom is -0.490 e. The number of ether oxygens (including phenoxy) is 3. The zero-order chi connectivity index (χ0) is 15.6. The van der Waals surface area contributed by atoms with E-state index < -0.39 is 0 Å².